The fraction of sp³-hybridized carbons (Fsp3) is 0.486. The van der Waals surface area contributed by atoms with Crippen LogP contribution in [0.5, 0.6) is 5.75 Å². The van der Waals surface area contributed by atoms with Gasteiger partial charge in [-0.3, -0.25) is 19.3 Å². The molecule has 4 atom stereocenters. The largest absolute Gasteiger partial charge is 0.508 e. The number of aryl methyl sites for hydroxylation is 1. The van der Waals surface area contributed by atoms with Crippen LogP contribution in [0.4, 0.5) is 0 Å². The maximum absolute atomic E-state index is 13.9. The molecule has 6 N–H and O–H groups in total. The van der Waals surface area contributed by atoms with Gasteiger partial charge < -0.3 is 40.5 Å². The quantitative estimate of drug-likeness (QED) is 0.174. The van der Waals surface area contributed by atoms with Crippen LogP contribution in [0.15, 0.2) is 53.3 Å². The highest BCUT2D eigenvalue weighted by molar-refractivity contribution is 6.24. The van der Waals surface area contributed by atoms with Gasteiger partial charge in [-0.1, -0.05) is 42.8 Å². The number of hydrogen-bond donors (Lipinski definition) is 5. The highest BCUT2D eigenvalue weighted by Crippen LogP contribution is 2.53. The number of ether oxygens (including phenoxy) is 2. The van der Waals surface area contributed by atoms with Crippen LogP contribution in [0.3, 0.4) is 0 Å². The van der Waals surface area contributed by atoms with E-state index in [1.165, 1.54) is 11.0 Å². The first-order valence-electron chi connectivity index (χ1n) is 16.5. The molecule has 12 nitrogen and oxygen atoms in total. The van der Waals surface area contributed by atoms with Gasteiger partial charge in [-0.05, 0) is 82.5 Å². The number of carbonyl (C=O) groups is 3. The van der Waals surface area contributed by atoms with Crippen molar-refractivity contribution in [1.82, 2.24) is 9.80 Å². The number of fused-ring (bicyclic) bond motifs is 3. The average molecular weight is 680 g/mol. The number of aromatic hydroxyl groups is 1. The Kier molecular flexibility index (Phi) is 12.1. The van der Waals surface area contributed by atoms with Crippen LogP contribution in [0.2, 0.25) is 0 Å². The molecule has 0 saturated heterocycles. The molecule has 12 heteroatoms. The molecule has 266 valence electrons. The third kappa shape index (κ3) is 7.29. The molecule has 5 rings (SSSR count). The minimum absolute atomic E-state index is 0.0503. The van der Waals surface area contributed by atoms with Crippen molar-refractivity contribution in [3.05, 3.63) is 70.0 Å². The topological polar surface area (TPSA) is 183 Å². The Morgan fingerprint density at radius 3 is 2.39 bits per heavy atom. The van der Waals surface area contributed by atoms with Gasteiger partial charge in [-0.15, -0.1) is 0 Å². The molecule has 1 fully saturated rings. The van der Waals surface area contributed by atoms with Gasteiger partial charge in [0.2, 0.25) is 5.78 Å². The number of primary amides is 1. The minimum atomic E-state index is -2.64. The number of rotatable bonds is 11. The lowest BCUT2D eigenvalue weighted by Crippen LogP contribution is -2.65. The highest BCUT2D eigenvalue weighted by Gasteiger charge is 2.64. The van der Waals surface area contributed by atoms with Crippen molar-refractivity contribution in [2.24, 2.45) is 17.6 Å². The zero-order chi connectivity index (χ0) is 36.2. The van der Waals surface area contributed by atoms with Gasteiger partial charge in [0.25, 0.3) is 5.91 Å². The van der Waals surface area contributed by atoms with E-state index in [2.05, 4.69) is 18.9 Å². The maximum Gasteiger partial charge on any atom is 0.255 e. The molecule has 3 aliphatic carbocycles. The SMILES string of the molecule is CCN(C)CCOCCCOC.Cc1cccc(-c2ccc(O)c3c2C[C@H]2C[C@H]4[C@H](N(C)C)C(=O)C(C(N)=O)=C(O)[C@@]4(O)C(=O)C2=C3O)c1. The van der Waals surface area contributed by atoms with E-state index < -0.39 is 58.0 Å². The predicted octanol–water partition coefficient (Wildman–Crippen LogP) is 2.93. The van der Waals surface area contributed by atoms with E-state index in [4.69, 9.17) is 15.2 Å². The van der Waals surface area contributed by atoms with E-state index >= 15 is 0 Å². The Morgan fingerprint density at radius 2 is 1.78 bits per heavy atom. The van der Waals surface area contributed by atoms with Crippen LogP contribution < -0.4 is 5.73 Å². The number of likely N-dealkylation sites (N-methyl/N-ethyl adjacent to an activating group) is 2. The lowest BCUT2D eigenvalue weighted by atomic mass is 9.57. The number of methoxy groups -OCH3 is 1. The van der Waals surface area contributed by atoms with Crippen molar-refractivity contribution in [1.29, 1.82) is 0 Å². The molecule has 0 radical (unpaired) electrons. The number of aliphatic hydroxyl groups is 3. The first-order chi connectivity index (χ1) is 23.2. The van der Waals surface area contributed by atoms with E-state index in [0.29, 0.717) is 5.56 Å². The molecular formula is C37H49N3O9. The Bertz CT molecular complexity index is 1650. The van der Waals surface area contributed by atoms with Gasteiger partial charge in [0.05, 0.1) is 18.2 Å². The fourth-order valence-corrected chi connectivity index (χ4v) is 7.11. The molecule has 0 bridgehead atoms. The second kappa shape index (κ2) is 15.6. The summed E-state index contributed by atoms with van der Waals surface area (Å²) >= 11 is 0. The number of hydrogen-bond acceptors (Lipinski definition) is 11. The number of carbonyl (C=O) groups excluding carboxylic acids is 3. The van der Waals surface area contributed by atoms with Gasteiger partial charge in [0.15, 0.2) is 11.4 Å². The molecule has 0 aliphatic heterocycles. The van der Waals surface area contributed by atoms with E-state index in [0.717, 1.165) is 56.0 Å². The van der Waals surface area contributed by atoms with Gasteiger partial charge in [0.1, 0.15) is 22.8 Å². The van der Waals surface area contributed by atoms with Crippen LogP contribution in [0.1, 0.15) is 36.5 Å². The molecule has 2 aromatic carbocycles. The Labute approximate surface area is 287 Å². The van der Waals surface area contributed by atoms with Crippen molar-refractivity contribution < 1.29 is 44.3 Å². The number of nitrogens with zero attached hydrogens (tertiary/aromatic N) is 2. The van der Waals surface area contributed by atoms with Crippen LogP contribution in [-0.2, 0) is 30.3 Å². The molecule has 3 aliphatic rings. The monoisotopic (exact) mass is 679 g/mol. The lowest BCUT2D eigenvalue weighted by molar-refractivity contribution is -0.153. The Balaban J connectivity index is 0.000000386. The van der Waals surface area contributed by atoms with Crippen molar-refractivity contribution in [2.75, 3.05) is 61.2 Å². The molecule has 0 aromatic heterocycles. The smallest absolute Gasteiger partial charge is 0.255 e. The van der Waals surface area contributed by atoms with Gasteiger partial charge in [-0.2, -0.15) is 0 Å². The van der Waals surface area contributed by atoms with Gasteiger partial charge >= 0.3 is 0 Å². The molecular weight excluding hydrogens is 630 g/mol. The van der Waals surface area contributed by atoms with Crippen molar-refractivity contribution >= 4 is 23.2 Å². The second-order valence-corrected chi connectivity index (χ2v) is 13.2. The van der Waals surface area contributed by atoms with Crippen LogP contribution in [0, 0.1) is 18.8 Å². The summed E-state index contributed by atoms with van der Waals surface area (Å²) in [5.74, 6) is -6.61. The molecule has 0 unspecified atom stereocenters. The standard InChI is InChI=1S/C28H28N2O7.C9H21NO2/c1-12-5-4-6-13(9-12)15-7-8-18(31)20-16(15)10-14-11-17-22(30(2)3)24(33)21(27(29)36)26(35)28(17,37)25(34)19(14)23(20)32;1-4-10(2)6-9-12-8-5-7-11-3/h4-9,14,17,22,31-32,35,37H,10-11H2,1-3H3,(H2,29,36);4-9H2,1-3H3/t14-,17-,22-,28-;/m0./s1. The summed E-state index contributed by atoms with van der Waals surface area (Å²) in [6.45, 7) is 8.63. The lowest BCUT2D eigenvalue weighted by Gasteiger charge is -2.50. The molecule has 1 saturated carbocycles. The summed E-state index contributed by atoms with van der Waals surface area (Å²) in [6.07, 6.45) is 1.28. The molecule has 0 spiro atoms. The second-order valence-electron chi connectivity index (χ2n) is 13.2. The first-order valence-corrected chi connectivity index (χ1v) is 16.5. The van der Waals surface area contributed by atoms with Gasteiger partial charge in [0, 0.05) is 38.4 Å². The number of Topliss-reactive ketones (excluding diaryl/α,β-unsaturated/α-hetero) is 2. The minimum Gasteiger partial charge on any atom is -0.508 e. The number of nitrogens with two attached hydrogens (primary N) is 1. The van der Waals surface area contributed by atoms with Gasteiger partial charge in [-0.25, -0.2) is 0 Å². The van der Waals surface area contributed by atoms with Crippen molar-refractivity contribution in [3.8, 4) is 16.9 Å². The van der Waals surface area contributed by atoms with Crippen molar-refractivity contribution in [3.63, 3.8) is 0 Å². The van der Waals surface area contributed by atoms with Crippen LogP contribution in [-0.4, -0.2) is 121 Å². The Hall–Kier alpha value is -4.07. The number of ketones is 2. The summed E-state index contributed by atoms with van der Waals surface area (Å²) < 4.78 is 10.3. The summed E-state index contributed by atoms with van der Waals surface area (Å²) in [4.78, 5) is 42.8. The highest BCUT2D eigenvalue weighted by atomic mass is 16.5. The van der Waals surface area contributed by atoms with E-state index in [1.807, 2.05) is 31.2 Å². The first kappa shape index (κ1) is 37.7. The van der Waals surface area contributed by atoms with Crippen LogP contribution in [0.25, 0.3) is 16.9 Å². The Morgan fingerprint density at radius 1 is 1.06 bits per heavy atom. The van der Waals surface area contributed by atoms with E-state index in [1.54, 1.807) is 27.3 Å². The number of phenolic OH excluding ortho intramolecular Hbond substituents is 1. The molecule has 2 aromatic rings. The van der Waals surface area contributed by atoms with E-state index in [9.17, 15) is 34.8 Å². The zero-order valence-electron chi connectivity index (χ0n) is 29.2. The number of amides is 1. The number of benzene rings is 2. The maximum atomic E-state index is 13.9. The summed E-state index contributed by atoms with van der Waals surface area (Å²) in [6, 6.07) is 9.82. The average Bonchev–Trinajstić information content (AvgIpc) is 3.04. The number of aliphatic hydroxyl groups excluding tert-OH is 2. The summed E-state index contributed by atoms with van der Waals surface area (Å²) in [5, 5.41) is 44.6. The summed E-state index contributed by atoms with van der Waals surface area (Å²) in [5.41, 5.74) is 5.10. The fourth-order valence-electron chi connectivity index (χ4n) is 7.11. The molecule has 0 heterocycles. The third-order valence-corrected chi connectivity index (χ3v) is 9.73. The normalized spacial score (nSPS) is 23.2. The third-order valence-electron chi connectivity index (χ3n) is 9.73. The molecule has 1 amide bonds. The number of phenols is 1. The van der Waals surface area contributed by atoms with Crippen molar-refractivity contribution in [2.45, 2.75) is 44.8 Å². The van der Waals surface area contributed by atoms with E-state index in [-0.39, 0.29) is 29.7 Å². The van der Waals surface area contributed by atoms with Crippen LogP contribution >= 0.6 is 0 Å². The predicted molar refractivity (Wildman–Crippen MR) is 185 cm³/mol. The molecule has 49 heavy (non-hydrogen) atoms. The zero-order valence-corrected chi connectivity index (χ0v) is 29.2. The summed E-state index contributed by atoms with van der Waals surface area (Å²) in [7, 11) is 6.95.